The van der Waals surface area contributed by atoms with Crippen molar-refractivity contribution >= 4 is 17.9 Å². The van der Waals surface area contributed by atoms with E-state index < -0.39 is 18.0 Å². The number of unbranched alkanes of at least 4 members (excludes halogenated alkanes) is 1. The molecule has 0 radical (unpaired) electrons. The quantitative estimate of drug-likeness (QED) is 0.136. The molecular weight excluding hydrogens is 512 g/mol. The van der Waals surface area contributed by atoms with Crippen molar-refractivity contribution in [2.75, 3.05) is 7.11 Å². The standard InChI is InChI=1S/C32H46O8/c1-22-14-15-23(2)29(12-7-5-4-6-8-13-30(33)34)40-32(36)21-28-18-24(19-31(35)37-3)17-27(39-28)20-26-11-9-10-25(16-22)38-26/h4-5,7,12,14-15,19,22-23,25-29H,6,8-11,13,16-18,20-21H2,1-3H3,(H,33,34)/b5-4-,12-7+,15-14+,24-19-/t22-,23-,25+,26-,27+,28-,29-/m0/s1. The monoisotopic (exact) mass is 558 g/mol. The Labute approximate surface area is 238 Å². The second kappa shape index (κ2) is 16.5. The molecule has 0 saturated carbocycles. The first-order valence-corrected chi connectivity index (χ1v) is 14.7. The average Bonchev–Trinajstić information content (AvgIpc) is 2.89. The predicted molar refractivity (Wildman–Crippen MR) is 151 cm³/mol. The summed E-state index contributed by atoms with van der Waals surface area (Å²) in [5, 5.41) is 8.78. The van der Waals surface area contributed by atoms with Crippen molar-refractivity contribution in [2.45, 2.75) is 115 Å². The van der Waals surface area contributed by atoms with E-state index in [2.05, 4.69) is 19.1 Å². The van der Waals surface area contributed by atoms with E-state index in [9.17, 15) is 14.4 Å². The van der Waals surface area contributed by atoms with E-state index in [0.29, 0.717) is 31.6 Å². The van der Waals surface area contributed by atoms with Crippen LogP contribution in [0.2, 0.25) is 0 Å². The Bertz CT molecular complexity index is 964. The number of carbonyl (C=O) groups excluding carboxylic acids is 2. The normalized spacial score (nSPS) is 34.0. The van der Waals surface area contributed by atoms with Crippen molar-refractivity contribution in [1.29, 1.82) is 0 Å². The van der Waals surface area contributed by atoms with Gasteiger partial charge in [0.15, 0.2) is 0 Å². The number of carboxylic acids is 1. The number of cyclic esters (lactones) is 1. The smallest absolute Gasteiger partial charge is 0.330 e. The first-order chi connectivity index (χ1) is 19.2. The third kappa shape index (κ3) is 11.4. The summed E-state index contributed by atoms with van der Waals surface area (Å²) in [6, 6.07) is 0. The van der Waals surface area contributed by atoms with Crippen molar-refractivity contribution in [3.05, 3.63) is 48.1 Å². The first kappa shape index (κ1) is 31.8. The molecule has 3 rings (SSSR count). The number of methoxy groups -OCH3 is 1. The van der Waals surface area contributed by atoms with Gasteiger partial charge in [0.05, 0.1) is 37.9 Å². The van der Waals surface area contributed by atoms with Gasteiger partial charge < -0.3 is 24.1 Å². The minimum atomic E-state index is -0.798. The van der Waals surface area contributed by atoms with Gasteiger partial charge in [0.25, 0.3) is 0 Å². The molecule has 2 saturated heterocycles. The molecule has 4 bridgehead atoms. The van der Waals surface area contributed by atoms with Gasteiger partial charge in [-0.2, -0.15) is 0 Å². The van der Waals surface area contributed by atoms with Gasteiger partial charge in [-0.05, 0) is 63.4 Å². The lowest BCUT2D eigenvalue weighted by molar-refractivity contribution is -0.154. The Morgan fingerprint density at radius 3 is 2.48 bits per heavy atom. The fraction of sp³-hybridized carbons (Fsp3) is 0.656. The van der Waals surface area contributed by atoms with E-state index in [4.69, 9.17) is 24.1 Å². The molecule has 3 heterocycles. The third-order valence-corrected chi connectivity index (χ3v) is 7.72. The molecule has 222 valence electrons. The number of carbonyl (C=O) groups is 3. The molecule has 1 N–H and O–H groups in total. The fourth-order valence-corrected chi connectivity index (χ4v) is 5.66. The highest BCUT2D eigenvalue weighted by Crippen LogP contribution is 2.33. The minimum absolute atomic E-state index is 0.0502. The van der Waals surface area contributed by atoms with Gasteiger partial charge in [-0.3, -0.25) is 9.59 Å². The van der Waals surface area contributed by atoms with Gasteiger partial charge in [-0.15, -0.1) is 0 Å². The summed E-state index contributed by atoms with van der Waals surface area (Å²) < 4.78 is 23.7. The van der Waals surface area contributed by atoms with Crippen LogP contribution in [0.25, 0.3) is 0 Å². The van der Waals surface area contributed by atoms with Crippen LogP contribution >= 0.6 is 0 Å². The number of esters is 2. The molecular formula is C32H46O8. The molecule has 0 aromatic rings. The summed E-state index contributed by atoms with van der Waals surface area (Å²) in [7, 11) is 1.36. The van der Waals surface area contributed by atoms with Gasteiger partial charge in [0, 0.05) is 24.8 Å². The number of fused-ring (bicyclic) bond motifs is 4. The van der Waals surface area contributed by atoms with Gasteiger partial charge in [0.2, 0.25) is 0 Å². The predicted octanol–water partition coefficient (Wildman–Crippen LogP) is 5.86. The molecule has 0 aromatic heterocycles. The zero-order valence-corrected chi connectivity index (χ0v) is 24.2. The van der Waals surface area contributed by atoms with Crippen LogP contribution in [-0.4, -0.2) is 60.6 Å². The fourth-order valence-electron chi connectivity index (χ4n) is 5.66. The molecule has 3 aliphatic rings. The number of ether oxygens (including phenoxy) is 4. The lowest BCUT2D eigenvalue weighted by Crippen LogP contribution is -2.37. The Hall–Kier alpha value is -2.71. The molecule has 7 atom stereocenters. The lowest BCUT2D eigenvalue weighted by atomic mass is 9.89. The van der Waals surface area contributed by atoms with E-state index in [0.717, 1.165) is 37.7 Å². The summed E-state index contributed by atoms with van der Waals surface area (Å²) in [5.41, 5.74) is 0.920. The van der Waals surface area contributed by atoms with E-state index in [1.807, 2.05) is 31.2 Å². The highest BCUT2D eigenvalue weighted by atomic mass is 16.6. The van der Waals surface area contributed by atoms with Crippen LogP contribution in [-0.2, 0) is 33.3 Å². The number of rotatable bonds is 7. The summed E-state index contributed by atoms with van der Waals surface area (Å²) in [6.45, 7) is 4.22. The van der Waals surface area contributed by atoms with Gasteiger partial charge in [-0.1, -0.05) is 49.8 Å². The van der Waals surface area contributed by atoms with Crippen molar-refractivity contribution in [3.8, 4) is 0 Å². The molecule has 40 heavy (non-hydrogen) atoms. The van der Waals surface area contributed by atoms with Crippen LogP contribution in [0.1, 0.15) is 84.5 Å². The van der Waals surface area contributed by atoms with Gasteiger partial charge >= 0.3 is 17.9 Å². The largest absolute Gasteiger partial charge is 0.481 e. The molecule has 0 unspecified atom stereocenters. The van der Waals surface area contributed by atoms with Crippen molar-refractivity contribution < 1.29 is 38.4 Å². The first-order valence-electron chi connectivity index (χ1n) is 14.7. The summed E-state index contributed by atoms with van der Waals surface area (Å²) >= 11 is 0. The number of hydrogen-bond donors (Lipinski definition) is 1. The van der Waals surface area contributed by atoms with Crippen molar-refractivity contribution in [1.82, 2.24) is 0 Å². The second-order valence-corrected chi connectivity index (χ2v) is 11.4. The van der Waals surface area contributed by atoms with Crippen LogP contribution < -0.4 is 0 Å². The number of allylic oxidation sites excluding steroid dienone is 4. The number of aliphatic carboxylic acids is 1. The van der Waals surface area contributed by atoms with Gasteiger partial charge in [-0.25, -0.2) is 4.79 Å². The number of carboxylic acid groups (broad SMARTS) is 1. The Morgan fingerprint density at radius 1 is 1.00 bits per heavy atom. The highest BCUT2D eigenvalue weighted by Gasteiger charge is 2.33. The van der Waals surface area contributed by atoms with Gasteiger partial charge in [0.1, 0.15) is 6.10 Å². The molecule has 2 fully saturated rings. The second-order valence-electron chi connectivity index (χ2n) is 11.4. The van der Waals surface area contributed by atoms with E-state index in [-0.39, 0.29) is 49.1 Å². The molecule has 0 amide bonds. The molecule has 8 nitrogen and oxygen atoms in total. The Kier molecular flexibility index (Phi) is 13.1. The van der Waals surface area contributed by atoms with Crippen LogP contribution in [0.4, 0.5) is 0 Å². The van der Waals surface area contributed by atoms with Crippen LogP contribution in [0, 0.1) is 11.8 Å². The zero-order valence-electron chi connectivity index (χ0n) is 24.2. The zero-order chi connectivity index (χ0) is 28.9. The third-order valence-electron chi connectivity index (χ3n) is 7.72. The molecule has 8 heteroatoms. The maximum atomic E-state index is 13.1. The highest BCUT2D eigenvalue weighted by molar-refractivity contribution is 5.82. The molecule has 0 spiro atoms. The van der Waals surface area contributed by atoms with Crippen LogP contribution in [0.3, 0.4) is 0 Å². The van der Waals surface area contributed by atoms with E-state index in [1.54, 1.807) is 0 Å². The molecule has 0 aromatic carbocycles. The van der Waals surface area contributed by atoms with Crippen molar-refractivity contribution in [3.63, 3.8) is 0 Å². The van der Waals surface area contributed by atoms with Crippen molar-refractivity contribution in [2.24, 2.45) is 11.8 Å². The number of hydrogen-bond acceptors (Lipinski definition) is 7. The lowest BCUT2D eigenvalue weighted by Gasteiger charge is -2.37. The molecule has 3 aliphatic heterocycles. The summed E-state index contributed by atoms with van der Waals surface area (Å²) in [5.74, 6) is -1.28. The minimum Gasteiger partial charge on any atom is -0.481 e. The van der Waals surface area contributed by atoms with Crippen LogP contribution in [0.15, 0.2) is 48.1 Å². The van der Waals surface area contributed by atoms with E-state index >= 15 is 0 Å². The maximum absolute atomic E-state index is 13.1. The van der Waals surface area contributed by atoms with Crippen LogP contribution in [0.5, 0.6) is 0 Å². The Morgan fingerprint density at radius 2 is 1.73 bits per heavy atom. The summed E-state index contributed by atoms with van der Waals surface area (Å²) in [4.78, 5) is 35.8. The average molecular weight is 559 g/mol. The van der Waals surface area contributed by atoms with E-state index in [1.165, 1.54) is 13.2 Å². The Balaban J connectivity index is 1.77. The topological polar surface area (TPSA) is 108 Å². The molecule has 0 aliphatic carbocycles. The summed E-state index contributed by atoms with van der Waals surface area (Å²) in [6.07, 6.45) is 20.0. The maximum Gasteiger partial charge on any atom is 0.330 e. The SMILES string of the molecule is COC(=O)/C=C1\C[C@H]2CC(=O)O[C@@H](/C=C/C=C\CCCC(=O)O)[C@@H](C)/C=C/[C@H](C)C[C@H]3CCC[C@@H](C[C@@H](C1)O2)O3.